The van der Waals surface area contributed by atoms with Gasteiger partial charge in [-0.15, -0.1) is 0 Å². The SMILES string of the molecule is CCOC(=O)c1cnn(CC2CCOCC2)c1C.Cc1cc(C)c(CN)c(=O)[nH]1.Cc1cc(C)c(CNC(=O)c2cnn(CC3CCOCC3)c2C)c(=O)[nH]1. The third-order valence-corrected chi connectivity index (χ3v) is 10.1. The number of hydrogen-bond acceptors (Lipinski definition) is 10. The number of nitrogens with two attached hydrogens (primary N) is 1. The second-order valence-corrected chi connectivity index (χ2v) is 14.3. The van der Waals surface area contributed by atoms with E-state index in [1.807, 2.05) is 63.0 Å². The van der Waals surface area contributed by atoms with Crippen molar-refractivity contribution < 1.29 is 23.8 Å². The number of aromatic amines is 2. The highest BCUT2D eigenvalue weighted by Gasteiger charge is 2.21. The fraction of sp³-hybridized carbons (Fsp3) is 0.550. The van der Waals surface area contributed by atoms with Crippen LogP contribution in [0.15, 0.2) is 34.1 Å². The van der Waals surface area contributed by atoms with Crippen LogP contribution in [0.25, 0.3) is 0 Å². The Morgan fingerprint density at radius 2 is 1.24 bits per heavy atom. The van der Waals surface area contributed by atoms with Gasteiger partial charge in [0, 0.05) is 86.5 Å². The molecule has 0 aliphatic carbocycles. The minimum Gasteiger partial charge on any atom is -0.462 e. The summed E-state index contributed by atoms with van der Waals surface area (Å²) >= 11 is 0. The largest absolute Gasteiger partial charge is 0.462 e. The summed E-state index contributed by atoms with van der Waals surface area (Å²) in [5.41, 5.74) is 12.8. The predicted molar refractivity (Wildman–Crippen MR) is 209 cm³/mol. The highest BCUT2D eigenvalue weighted by atomic mass is 16.5. The Bertz CT molecular complexity index is 2000. The molecule has 0 aromatic carbocycles. The fourth-order valence-corrected chi connectivity index (χ4v) is 6.74. The predicted octanol–water partition coefficient (Wildman–Crippen LogP) is 4.10. The van der Waals surface area contributed by atoms with Gasteiger partial charge in [-0.05, 0) is 109 Å². The number of esters is 1. The molecule has 55 heavy (non-hydrogen) atoms. The van der Waals surface area contributed by atoms with E-state index in [1.165, 1.54) is 0 Å². The molecule has 2 fully saturated rings. The number of carbonyl (C=O) groups excluding carboxylic acids is 2. The summed E-state index contributed by atoms with van der Waals surface area (Å²) in [7, 11) is 0. The normalized spacial score (nSPS) is 14.7. The quantitative estimate of drug-likeness (QED) is 0.171. The van der Waals surface area contributed by atoms with Crippen LogP contribution in [0.2, 0.25) is 0 Å². The van der Waals surface area contributed by atoms with Crippen molar-refractivity contribution in [3.05, 3.63) is 101 Å². The number of ether oxygens (including phenoxy) is 3. The first kappa shape index (κ1) is 42.9. The van der Waals surface area contributed by atoms with Crippen LogP contribution < -0.4 is 22.2 Å². The third kappa shape index (κ3) is 12.1. The molecule has 2 saturated heterocycles. The number of pyridine rings is 2. The molecule has 15 nitrogen and oxygen atoms in total. The van der Waals surface area contributed by atoms with Gasteiger partial charge in [0.05, 0.1) is 24.6 Å². The molecule has 5 N–H and O–H groups in total. The number of nitrogens with one attached hydrogen (secondary N) is 3. The molecule has 4 aromatic heterocycles. The van der Waals surface area contributed by atoms with Crippen molar-refractivity contribution in [2.45, 2.75) is 100 Å². The summed E-state index contributed by atoms with van der Waals surface area (Å²) in [5.74, 6) is 0.632. The van der Waals surface area contributed by atoms with Crippen molar-refractivity contribution in [1.29, 1.82) is 0 Å². The number of nitrogens with zero attached hydrogens (tertiary/aromatic N) is 4. The molecule has 0 unspecified atom stereocenters. The van der Waals surface area contributed by atoms with E-state index >= 15 is 0 Å². The zero-order valence-corrected chi connectivity index (χ0v) is 33.4. The van der Waals surface area contributed by atoms with Crippen LogP contribution >= 0.6 is 0 Å². The molecule has 6 rings (SSSR count). The maximum absolute atomic E-state index is 12.5. The number of amides is 1. The van der Waals surface area contributed by atoms with Crippen LogP contribution in [0.1, 0.15) is 98.4 Å². The first-order valence-electron chi connectivity index (χ1n) is 19.1. The van der Waals surface area contributed by atoms with Gasteiger partial charge in [-0.2, -0.15) is 10.2 Å². The highest BCUT2D eigenvalue weighted by Crippen LogP contribution is 2.20. The summed E-state index contributed by atoms with van der Waals surface area (Å²) in [6.45, 7) is 18.9. The van der Waals surface area contributed by atoms with E-state index in [4.69, 9.17) is 19.9 Å². The van der Waals surface area contributed by atoms with E-state index in [-0.39, 0.29) is 29.5 Å². The molecule has 4 aromatic rings. The number of rotatable bonds is 10. The average Bonchev–Trinajstić information content (AvgIpc) is 3.69. The second kappa shape index (κ2) is 20.7. The van der Waals surface area contributed by atoms with Crippen LogP contribution in [-0.4, -0.2) is 74.4 Å². The Balaban J connectivity index is 0.000000201. The maximum Gasteiger partial charge on any atom is 0.341 e. The van der Waals surface area contributed by atoms with Crippen LogP contribution in [-0.2, 0) is 40.4 Å². The smallest absolute Gasteiger partial charge is 0.341 e. The molecular formula is C40H58N8O7. The Kier molecular flexibility index (Phi) is 16.2. The maximum atomic E-state index is 12.5. The molecule has 0 saturated carbocycles. The van der Waals surface area contributed by atoms with E-state index in [9.17, 15) is 19.2 Å². The molecule has 2 aliphatic heterocycles. The first-order chi connectivity index (χ1) is 26.3. The second-order valence-electron chi connectivity index (χ2n) is 14.3. The van der Waals surface area contributed by atoms with Crippen LogP contribution in [0, 0.1) is 53.4 Å². The van der Waals surface area contributed by atoms with Crippen LogP contribution in [0.3, 0.4) is 0 Å². The van der Waals surface area contributed by atoms with Crippen molar-refractivity contribution in [3.8, 4) is 0 Å². The van der Waals surface area contributed by atoms with Gasteiger partial charge in [0.25, 0.3) is 17.0 Å². The lowest BCUT2D eigenvalue weighted by molar-refractivity contribution is 0.0523. The summed E-state index contributed by atoms with van der Waals surface area (Å²) in [6.07, 6.45) is 7.39. The lowest BCUT2D eigenvalue weighted by Gasteiger charge is -2.22. The number of carbonyl (C=O) groups is 2. The van der Waals surface area contributed by atoms with Gasteiger partial charge in [-0.3, -0.25) is 23.7 Å². The van der Waals surface area contributed by atoms with Crippen molar-refractivity contribution in [2.24, 2.45) is 17.6 Å². The summed E-state index contributed by atoms with van der Waals surface area (Å²) in [5, 5.41) is 11.5. The number of hydrogen-bond donors (Lipinski definition) is 4. The van der Waals surface area contributed by atoms with Gasteiger partial charge < -0.3 is 35.2 Å². The van der Waals surface area contributed by atoms with E-state index in [0.29, 0.717) is 47.2 Å². The Morgan fingerprint density at radius 3 is 1.69 bits per heavy atom. The van der Waals surface area contributed by atoms with E-state index in [1.54, 1.807) is 19.3 Å². The van der Waals surface area contributed by atoms with Crippen molar-refractivity contribution in [3.63, 3.8) is 0 Å². The van der Waals surface area contributed by atoms with Crippen molar-refractivity contribution >= 4 is 11.9 Å². The lowest BCUT2D eigenvalue weighted by Crippen LogP contribution is -2.28. The van der Waals surface area contributed by atoms with Gasteiger partial charge in [0.2, 0.25) is 0 Å². The number of H-pyrrole nitrogens is 2. The van der Waals surface area contributed by atoms with E-state index in [0.717, 1.165) is 99.1 Å². The van der Waals surface area contributed by atoms with Gasteiger partial charge in [0.15, 0.2) is 0 Å². The zero-order valence-electron chi connectivity index (χ0n) is 33.4. The van der Waals surface area contributed by atoms with Gasteiger partial charge in [0.1, 0.15) is 5.56 Å². The Labute approximate surface area is 322 Å². The number of aryl methyl sites for hydroxylation is 4. The molecule has 0 spiro atoms. The average molecular weight is 763 g/mol. The zero-order chi connectivity index (χ0) is 40.1. The number of aromatic nitrogens is 6. The topological polar surface area (TPSA) is 201 Å². The van der Waals surface area contributed by atoms with Crippen LogP contribution in [0.4, 0.5) is 0 Å². The summed E-state index contributed by atoms with van der Waals surface area (Å²) in [6, 6.07) is 3.82. The van der Waals surface area contributed by atoms with E-state index < -0.39 is 0 Å². The Morgan fingerprint density at radius 1 is 0.782 bits per heavy atom. The first-order valence-corrected chi connectivity index (χ1v) is 19.1. The molecule has 300 valence electrons. The van der Waals surface area contributed by atoms with Crippen molar-refractivity contribution in [1.82, 2.24) is 34.8 Å². The molecular weight excluding hydrogens is 704 g/mol. The Hall–Kier alpha value is -4.86. The fourth-order valence-electron chi connectivity index (χ4n) is 6.74. The molecule has 0 radical (unpaired) electrons. The van der Waals surface area contributed by atoms with Gasteiger partial charge in [-0.1, -0.05) is 0 Å². The van der Waals surface area contributed by atoms with Crippen molar-refractivity contribution in [2.75, 3.05) is 33.0 Å². The monoisotopic (exact) mass is 762 g/mol. The third-order valence-electron chi connectivity index (χ3n) is 10.1. The molecule has 15 heteroatoms. The van der Waals surface area contributed by atoms with Crippen LogP contribution in [0.5, 0.6) is 0 Å². The highest BCUT2D eigenvalue weighted by molar-refractivity contribution is 5.95. The minimum absolute atomic E-state index is 0.0648. The van der Waals surface area contributed by atoms with E-state index in [2.05, 4.69) is 25.5 Å². The van der Waals surface area contributed by atoms with Gasteiger partial charge in [-0.25, -0.2) is 4.79 Å². The molecule has 1 amide bonds. The molecule has 2 aliphatic rings. The molecule has 6 heterocycles. The standard InChI is InChI=1S/C19H26N4O3.C13H20N2O3.C8H12N2O/c1-12-8-13(2)22-19(25)16(12)9-20-18(24)17-10-21-23(14(17)3)11-15-4-6-26-7-5-15;1-3-18-13(16)12-8-14-15(10(12)2)9-11-4-6-17-7-5-11;1-5-3-6(2)10-8(11)7(5)4-9/h8,10,15H,4-7,9,11H2,1-3H3,(H,20,24)(H,22,25);8,11H,3-7,9H2,1-2H3;3H,4,9H2,1-2H3,(H,10,11). The summed E-state index contributed by atoms with van der Waals surface area (Å²) < 4.78 is 19.5. The molecule has 0 atom stereocenters. The minimum atomic E-state index is -0.284. The molecule has 0 bridgehead atoms. The van der Waals surface area contributed by atoms with Gasteiger partial charge >= 0.3 is 5.97 Å². The summed E-state index contributed by atoms with van der Waals surface area (Å²) in [4.78, 5) is 52.9. The lowest BCUT2D eigenvalue weighted by atomic mass is 10.0.